The highest BCUT2D eigenvalue weighted by atomic mass is 15.3. The molecule has 1 aliphatic rings. The zero-order valence-corrected chi connectivity index (χ0v) is 13.2. The van der Waals surface area contributed by atoms with Crippen molar-refractivity contribution >= 4 is 0 Å². The molecule has 1 aromatic rings. The monoisotopic (exact) mass is 275 g/mol. The van der Waals surface area contributed by atoms with Gasteiger partial charge in [-0.1, -0.05) is 38.1 Å². The molecule has 0 spiro atoms. The third kappa shape index (κ3) is 3.60. The summed E-state index contributed by atoms with van der Waals surface area (Å²) in [4.78, 5) is 5.04. The van der Waals surface area contributed by atoms with Crippen LogP contribution in [0, 0.1) is 0 Å². The zero-order chi connectivity index (χ0) is 14.5. The van der Waals surface area contributed by atoms with E-state index >= 15 is 0 Å². The van der Waals surface area contributed by atoms with Crippen LogP contribution in [0.2, 0.25) is 0 Å². The van der Waals surface area contributed by atoms with Gasteiger partial charge in [0.05, 0.1) is 0 Å². The van der Waals surface area contributed by atoms with Crippen molar-refractivity contribution in [1.82, 2.24) is 9.80 Å². The molecule has 3 heteroatoms. The van der Waals surface area contributed by atoms with E-state index in [1.165, 1.54) is 24.2 Å². The lowest BCUT2D eigenvalue weighted by molar-refractivity contribution is 0.0950. The summed E-state index contributed by atoms with van der Waals surface area (Å²) in [6.45, 7) is 12.5. The molecule has 2 unspecified atom stereocenters. The average molecular weight is 275 g/mol. The maximum Gasteiger partial charge on any atom is 0.0450 e. The van der Waals surface area contributed by atoms with Gasteiger partial charge in [-0.2, -0.15) is 0 Å². The normalized spacial score (nSPS) is 20.8. The Morgan fingerprint density at radius 2 is 1.65 bits per heavy atom. The first-order valence-electron chi connectivity index (χ1n) is 7.96. The predicted molar refractivity (Wildman–Crippen MR) is 85.9 cm³/mol. The largest absolute Gasteiger partial charge is 0.323 e. The summed E-state index contributed by atoms with van der Waals surface area (Å²) in [5.74, 6) is 0. The Bertz CT molecular complexity index is 393. The first kappa shape index (κ1) is 15.5. The fraction of sp³-hybridized carbons (Fsp3) is 0.647. The smallest absolute Gasteiger partial charge is 0.0450 e. The van der Waals surface area contributed by atoms with E-state index in [1.54, 1.807) is 0 Å². The van der Waals surface area contributed by atoms with Gasteiger partial charge in [0.2, 0.25) is 0 Å². The predicted octanol–water partition coefficient (Wildman–Crippen LogP) is 2.27. The molecule has 20 heavy (non-hydrogen) atoms. The SMILES string of the molecule is CCc1ccc(C(N)C(C)N2CCN(CC)CC2)cc1. The van der Waals surface area contributed by atoms with Crippen molar-refractivity contribution in [1.29, 1.82) is 0 Å². The molecular formula is C17H29N3. The summed E-state index contributed by atoms with van der Waals surface area (Å²) in [5.41, 5.74) is 9.11. The second-order valence-corrected chi connectivity index (χ2v) is 5.83. The molecule has 1 fully saturated rings. The van der Waals surface area contributed by atoms with Crippen LogP contribution >= 0.6 is 0 Å². The molecule has 1 aliphatic heterocycles. The lowest BCUT2D eigenvalue weighted by atomic mass is 9.98. The maximum absolute atomic E-state index is 6.47. The van der Waals surface area contributed by atoms with Crippen LogP contribution < -0.4 is 5.73 Å². The molecular weight excluding hydrogens is 246 g/mol. The van der Waals surface area contributed by atoms with Gasteiger partial charge in [-0.3, -0.25) is 4.90 Å². The fourth-order valence-corrected chi connectivity index (χ4v) is 2.97. The van der Waals surface area contributed by atoms with E-state index in [4.69, 9.17) is 5.73 Å². The minimum absolute atomic E-state index is 0.106. The molecule has 0 aliphatic carbocycles. The maximum atomic E-state index is 6.47. The number of piperazine rings is 1. The van der Waals surface area contributed by atoms with Gasteiger partial charge < -0.3 is 10.6 Å². The van der Waals surface area contributed by atoms with Crippen LogP contribution in [-0.4, -0.2) is 48.6 Å². The molecule has 0 bridgehead atoms. The van der Waals surface area contributed by atoms with Crippen LogP contribution in [0.4, 0.5) is 0 Å². The molecule has 1 heterocycles. The van der Waals surface area contributed by atoms with Crippen molar-refractivity contribution in [2.45, 2.75) is 39.3 Å². The quantitative estimate of drug-likeness (QED) is 0.895. The Kier molecular flexibility index (Phi) is 5.58. The van der Waals surface area contributed by atoms with E-state index in [2.05, 4.69) is 54.8 Å². The van der Waals surface area contributed by atoms with Crippen molar-refractivity contribution in [3.8, 4) is 0 Å². The number of nitrogens with zero attached hydrogens (tertiary/aromatic N) is 2. The molecule has 3 nitrogen and oxygen atoms in total. The number of rotatable bonds is 5. The minimum Gasteiger partial charge on any atom is -0.323 e. The van der Waals surface area contributed by atoms with Crippen LogP contribution in [0.15, 0.2) is 24.3 Å². The lowest BCUT2D eigenvalue weighted by Crippen LogP contribution is -2.51. The number of likely N-dealkylation sites (N-methyl/N-ethyl adjacent to an activating group) is 1. The molecule has 1 aromatic carbocycles. The first-order valence-corrected chi connectivity index (χ1v) is 7.96. The fourth-order valence-electron chi connectivity index (χ4n) is 2.97. The Hall–Kier alpha value is -0.900. The van der Waals surface area contributed by atoms with Gasteiger partial charge in [0.1, 0.15) is 0 Å². The minimum atomic E-state index is 0.106. The first-order chi connectivity index (χ1) is 9.65. The van der Waals surface area contributed by atoms with Crippen LogP contribution in [0.25, 0.3) is 0 Å². The Balaban J connectivity index is 1.95. The molecule has 2 atom stereocenters. The average Bonchev–Trinajstić information content (AvgIpc) is 2.53. The Morgan fingerprint density at radius 1 is 1.05 bits per heavy atom. The lowest BCUT2D eigenvalue weighted by Gasteiger charge is -2.39. The summed E-state index contributed by atoms with van der Waals surface area (Å²) in [6.07, 6.45) is 1.09. The van der Waals surface area contributed by atoms with Crippen molar-refractivity contribution in [3.63, 3.8) is 0 Å². The molecule has 0 amide bonds. The van der Waals surface area contributed by atoms with Gasteiger partial charge in [-0.25, -0.2) is 0 Å². The van der Waals surface area contributed by atoms with E-state index in [1.807, 2.05) is 0 Å². The van der Waals surface area contributed by atoms with E-state index < -0.39 is 0 Å². The molecule has 2 N–H and O–H groups in total. The zero-order valence-electron chi connectivity index (χ0n) is 13.2. The van der Waals surface area contributed by atoms with Gasteiger partial charge in [0.25, 0.3) is 0 Å². The summed E-state index contributed by atoms with van der Waals surface area (Å²) < 4.78 is 0. The molecule has 2 rings (SSSR count). The topological polar surface area (TPSA) is 32.5 Å². The van der Waals surface area contributed by atoms with Crippen LogP contribution in [0.1, 0.15) is 37.9 Å². The van der Waals surface area contributed by atoms with E-state index in [9.17, 15) is 0 Å². The number of hydrogen-bond donors (Lipinski definition) is 1. The van der Waals surface area contributed by atoms with Crippen LogP contribution in [-0.2, 0) is 6.42 Å². The van der Waals surface area contributed by atoms with Gasteiger partial charge in [-0.05, 0) is 31.0 Å². The van der Waals surface area contributed by atoms with Gasteiger partial charge in [0.15, 0.2) is 0 Å². The highest BCUT2D eigenvalue weighted by Gasteiger charge is 2.25. The van der Waals surface area contributed by atoms with Gasteiger partial charge in [0, 0.05) is 38.3 Å². The van der Waals surface area contributed by atoms with Crippen molar-refractivity contribution in [2.24, 2.45) is 5.73 Å². The van der Waals surface area contributed by atoms with Crippen molar-refractivity contribution in [2.75, 3.05) is 32.7 Å². The van der Waals surface area contributed by atoms with Crippen LogP contribution in [0.5, 0.6) is 0 Å². The molecule has 0 radical (unpaired) electrons. The van der Waals surface area contributed by atoms with Crippen LogP contribution in [0.3, 0.4) is 0 Å². The Labute approximate surface area is 123 Å². The highest BCUT2D eigenvalue weighted by Crippen LogP contribution is 2.20. The molecule has 0 saturated carbocycles. The summed E-state index contributed by atoms with van der Waals surface area (Å²) >= 11 is 0. The van der Waals surface area contributed by atoms with E-state index in [-0.39, 0.29) is 6.04 Å². The second-order valence-electron chi connectivity index (χ2n) is 5.83. The third-order valence-electron chi connectivity index (χ3n) is 4.72. The van der Waals surface area contributed by atoms with Crippen molar-refractivity contribution in [3.05, 3.63) is 35.4 Å². The number of benzene rings is 1. The van der Waals surface area contributed by atoms with Crippen molar-refractivity contribution < 1.29 is 0 Å². The van der Waals surface area contributed by atoms with E-state index in [0.717, 1.165) is 26.1 Å². The molecule has 1 saturated heterocycles. The van der Waals surface area contributed by atoms with Gasteiger partial charge >= 0.3 is 0 Å². The van der Waals surface area contributed by atoms with E-state index in [0.29, 0.717) is 6.04 Å². The number of hydrogen-bond acceptors (Lipinski definition) is 3. The number of nitrogens with two attached hydrogens (primary N) is 1. The molecule has 112 valence electrons. The number of aryl methyl sites for hydroxylation is 1. The summed E-state index contributed by atoms with van der Waals surface area (Å²) in [5, 5.41) is 0. The summed E-state index contributed by atoms with van der Waals surface area (Å²) in [7, 11) is 0. The second kappa shape index (κ2) is 7.21. The summed E-state index contributed by atoms with van der Waals surface area (Å²) in [6, 6.07) is 9.31. The Morgan fingerprint density at radius 3 is 2.15 bits per heavy atom. The molecule has 0 aromatic heterocycles. The van der Waals surface area contributed by atoms with Gasteiger partial charge in [-0.15, -0.1) is 0 Å². The highest BCUT2D eigenvalue weighted by molar-refractivity contribution is 5.25. The standard InChI is InChI=1S/C17H29N3/c1-4-15-6-8-16(9-7-15)17(18)14(3)20-12-10-19(5-2)11-13-20/h6-9,14,17H,4-5,10-13,18H2,1-3H3. The third-order valence-corrected chi connectivity index (χ3v) is 4.72.